The van der Waals surface area contributed by atoms with Crippen LogP contribution in [0.4, 0.5) is 0 Å². The van der Waals surface area contributed by atoms with Crippen LogP contribution < -0.4 is 0 Å². The van der Waals surface area contributed by atoms with Crippen molar-refractivity contribution in [2.75, 3.05) is 0 Å². The number of hydrogen-bond donors (Lipinski definition) is 0. The van der Waals surface area contributed by atoms with Gasteiger partial charge >= 0.3 is 0 Å². The Kier molecular flexibility index (Phi) is 3.57. The van der Waals surface area contributed by atoms with Crippen LogP contribution in [0.1, 0.15) is 24.1 Å². The van der Waals surface area contributed by atoms with Gasteiger partial charge in [-0.3, -0.25) is 0 Å². The van der Waals surface area contributed by atoms with Gasteiger partial charge in [0.15, 0.2) is 0 Å². The molecule has 4 heteroatoms. The van der Waals surface area contributed by atoms with Crippen molar-refractivity contribution >= 4 is 11.6 Å². The maximum Gasteiger partial charge on any atom is 0.147 e. The third-order valence-corrected chi connectivity index (χ3v) is 2.78. The highest BCUT2D eigenvalue weighted by Crippen LogP contribution is 2.10. The van der Waals surface area contributed by atoms with Crippen LogP contribution in [0, 0.1) is 0 Å². The summed E-state index contributed by atoms with van der Waals surface area (Å²) >= 11 is 5.80. The minimum Gasteiger partial charge on any atom is -0.314 e. The highest BCUT2D eigenvalue weighted by molar-refractivity contribution is 6.16. The first-order chi connectivity index (χ1) is 7.85. The highest BCUT2D eigenvalue weighted by atomic mass is 35.5. The van der Waals surface area contributed by atoms with E-state index in [9.17, 15) is 0 Å². The number of hydrogen-bond acceptors (Lipinski definition) is 2. The van der Waals surface area contributed by atoms with Crippen LogP contribution >= 0.6 is 11.6 Å². The van der Waals surface area contributed by atoms with Gasteiger partial charge in [0.2, 0.25) is 0 Å². The van der Waals surface area contributed by atoms with Crippen LogP contribution in [0.3, 0.4) is 0 Å². The van der Waals surface area contributed by atoms with Crippen LogP contribution in [0.5, 0.6) is 0 Å². The fourth-order valence-electron chi connectivity index (χ4n) is 1.75. The molecule has 1 aromatic heterocycles. The van der Waals surface area contributed by atoms with Gasteiger partial charge in [0.25, 0.3) is 0 Å². The molecule has 0 aliphatic heterocycles. The molecule has 0 fully saturated rings. The molecule has 0 radical (unpaired) electrons. The summed E-state index contributed by atoms with van der Waals surface area (Å²) < 4.78 is 2.07. The van der Waals surface area contributed by atoms with Gasteiger partial charge in [-0.25, -0.2) is 0 Å². The maximum atomic E-state index is 5.80. The number of alkyl halides is 1. The molecule has 1 aromatic carbocycles. The molecule has 1 heterocycles. The Hall–Kier alpha value is -1.35. The molecule has 0 aliphatic rings. The molecular weight excluding hydrogens is 222 g/mol. The standard InChI is InChI=1S/C12H14ClN3/c1-2-16-11(14-15-12(16)9-13)8-10-6-4-3-5-7-10/h3-7H,2,8-9H2,1H3. The minimum atomic E-state index is 0.412. The molecule has 0 N–H and O–H groups in total. The molecule has 0 saturated heterocycles. The maximum absolute atomic E-state index is 5.80. The Morgan fingerprint density at radius 1 is 1.12 bits per heavy atom. The third kappa shape index (κ3) is 2.25. The summed E-state index contributed by atoms with van der Waals surface area (Å²) in [4.78, 5) is 0. The van der Waals surface area contributed by atoms with E-state index in [1.807, 2.05) is 18.2 Å². The fraction of sp³-hybridized carbons (Fsp3) is 0.333. The lowest BCUT2D eigenvalue weighted by molar-refractivity contribution is 0.687. The molecule has 0 spiro atoms. The van der Waals surface area contributed by atoms with E-state index in [4.69, 9.17) is 11.6 Å². The van der Waals surface area contributed by atoms with Crippen molar-refractivity contribution in [1.29, 1.82) is 0 Å². The molecule has 16 heavy (non-hydrogen) atoms. The van der Waals surface area contributed by atoms with E-state index < -0.39 is 0 Å². The summed E-state index contributed by atoms with van der Waals surface area (Å²) in [6, 6.07) is 10.3. The first-order valence-corrected chi connectivity index (χ1v) is 5.89. The Morgan fingerprint density at radius 2 is 1.81 bits per heavy atom. The monoisotopic (exact) mass is 235 g/mol. The van der Waals surface area contributed by atoms with Gasteiger partial charge in [-0.05, 0) is 12.5 Å². The zero-order chi connectivity index (χ0) is 11.4. The minimum absolute atomic E-state index is 0.412. The zero-order valence-electron chi connectivity index (χ0n) is 9.23. The lowest BCUT2D eigenvalue weighted by Crippen LogP contribution is -2.05. The van der Waals surface area contributed by atoms with E-state index in [2.05, 4.69) is 33.8 Å². The molecule has 84 valence electrons. The van der Waals surface area contributed by atoms with Crippen molar-refractivity contribution in [3.8, 4) is 0 Å². The predicted octanol–water partition coefficient (Wildman–Crippen LogP) is 2.63. The van der Waals surface area contributed by atoms with Crippen molar-refractivity contribution in [2.24, 2.45) is 0 Å². The molecule has 0 saturated carbocycles. The smallest absolute Gasteiger partial charge is 0.147 e. The largest absolute Gasteiger partial charge is 0.314 e. The Labute approximate surface area is 100 Å². The molecule has 0 aliphatic carbocycles. The van der Waals surface area contributed by atoms with Gasteiger partial charge in [-0.15, -0.1) is 21.8 Å². The van der Waals surface area contributed by atoms with Crippen molar-refractivity contribution in [1.82, 2.24) is 14.8 Å². The van der Waals surface area contributed by atoms with E-state index in [1.54, 1.807) is 0 Å². The molecule has 2 rings (SSSR count). The summed E-state index contributed by atoms with van der Waals surface area (Å²) in [5.74, 6) is 2.23. The summed E-state index contributed by atoms with van der Waals surface area (Å²) in [6.45, 7) is 2.94. The quantitative estimate of drug-likeness (QED) is 0.763. The van der Waals surface area contributed by atoms with Crippen molar-refractivity contribution in [2.45, 2.75) is 25.8 Å². The SMILES string of the molecule is CCn1c(CCl)nnc1Cc1ccccc1. The van der Waals surface area contributed by atoms with E-state index in [0.29, 0.717) is 5.88 Å². The molecule has 0 unspecified atom stereocenters. The van der Waals surface area contributed by atoms with Gasteiger partial charge in [0.1, 0.15) is 11.6 Å². The highest BCUT2D eigenvalue weighted by Gasteiger charge is 2.09. The zero-order valence-corrected chi connectivity index (χ0v) is 9.98. The lowest BCUT2D eigenvalue weighted by atomic mass is 10.1. The van der Waals surface area contributed by atoms with Gasteiger partial charge in [0.05, 0.1) is 5.88 Å². The summed E-state index contributed by atoms with van der Waals surface area (Å²) in [7, 11) is 0. The van der Waals surface area contributed by atoms with Crippen LogP contribution in [-0.4, -0.2) is 14.8 Å². The van der Waals surface area contributed by atoms with E-state index in [-0.39, 0.29) is 0 Å². The van der Waals surface area contributed by atoms with E-state index in [0.717, 1.165) is 24.6 Å². The van der Waals surface area contributed by atoms with E-state index in [1.165, 1.54) is 5.56 Å². The summed E-state index contributed by atoms with van der Waals surface area (Å²) in [5.41, 5.74) is 1.24. The third-order valence-electron chi connectivity index (χ3n) is 2.54. The van der Waals surface area contributed by atoms with Crippen LogP contribution in [0.2, 0.25) is 0 Å². The topological polar surface area (TPSA) is 30.7 Å². The number of rotatable bonds is 4. The molecule has 0 amide bonds. The number of nitrogens with zero attached hydrogens (tertiary/aromatic N) is 3. The van der Waals surface area contributed by atoms with Crippen LogP contribution in [-0.2, 0) is 18.8 Å². The van der Waals surface area contributed by atoms with Crippen molar-refractivity contribution in [3.63, 3.8) is 0 Å². The summed E-state index contributed by atoms with van der Waals surface area (Å²) in [5, 5.41) is 8.26. The van der Waals surface area contributed by atoms with Gasteiger partial charge in [0, 0.05) is 13.0 Å². The lowest BCUT2D eigenvalue weighted by Gasteiger charge is -2.05. The van der Waals surface area contributed by atoms with Crippen molar-refractivity contribution < 1.29 is 0 Å². The second-order valence-corrected chi connectivity index (χ2v) is 3.84. The summed E-state index contributed by atoms with van der Waals surface area (Å²) in [6.07, 6.45) is 0.804. The van der Waals surface area contributed by atoms with Gasteiger partial charge in [-0.2, -0.15) is 0 Å². The number of halogens is 1. The van der Waals surface area contributed by atoms with Crippen LogP contribution in [0.25, 0.3) is 0 Å². The predicted molar refractivity (Wildman–Crippen MR) is 64.5 cm³/mol. The molecule has 0 bridgehead atoms. The Bertz CT molecular complexity index is 451. The van der Waals surface area contributed by atoms with Crippen molar-refractivity contribution in [3.05, 3.63) is 47.5 Å². The number of aromatic nitrogens is 3. The van der Waals surface area contributed by atoms with E-state index >= 15 is 0 Å². The normalized spacial score (nSPS) is 10.6. The van der Waals surface area contributed by atoms with Gasteiger partial charge in [-0.1, -0.05) is 30.3 Å². The fourth-order valence-corrected chi connectivity index (χ4v) is 1.94. The average Bonchev–Trinajstić information content (AvgIpc) is 2.72. The van der Waals surface area contributed by atoms with Gasteiger partial charge < -0.3 is 4.57 Å². The number of benzene rings is 1. The molecule has 2 aromatic rings. The molecular formula is C12H14ClN3. The first kappa shape index (κ1) is 11.1. The second kappa shape index (κ2) is 5.12. The van der Waals surface area contributed by atoms with Crippen LogP contribution in [0.15, 0.2) is 30.3 Å². The molecule has 3 nitrogen and oxygen atoms in total. The Morgan fingerprint density at radius 3 is 2.44 bits per heavy atom. The average molecular weight is 236 g/mol. The second-order valence-electron chi connectivity index (χ2n) is 3.57. The Balaban J connectivity index is 2.25. The molecule has 0 atom stereocenters. The first-order valence-electron chi connectivity index (χ1n) is 5.36.